The van der Waals surface area contributed by atoms with E-state index in [9.17, 15) is 4.79 Å². The lowest BCUT2D eigenvalue weighted by atomic mass is 10.1. The van der Waals surface area contributed by atoms with Crippen LogP contribution in [0.4, 0.5) is 0 Å². The summed E-state index contributed by atoms with van der Waals surface area (Å²) in [6.07, 6.45) is 1.38. The van der Waals surface area contributed by atoms with Crippen molar-refractivity contribution < 1.29 is 9.32 Å². The lowest BCUT2D eigenvalue weighted by molar-refractivity contribution is -0.119. The number of ketones is 1. The van der Waals surface area contributed by atoms with Gasteiger partial charge in [0.2, 0.25) is 5.89 Å². The van der Waals surface area contributed by atoms with E-state index < -0.39 is 0 Å². The Morgan fingerprint density at radius 3 is 2.65 bits per heavy atom. The maximum absolute atomic E-state index is 11.7. The number of hydrogen-bond acceptors (Lipinski definition) is 4. The van der Waals surface area contributed by atoms with E-state index in [0.717, 1.165) is 10.0 Å². The van der Waals surface area contributed by atoms with Gasteiger partial charge in [-0.25, -0.2) is 0 Å². The third-order valence-electron chi connectivity index (χ3n) is 2.77. The summed E-state index contributed by atoms with van der Waals surface area (Å²) in [5.74, 6) is 1.51. The van der Waals surface area contributed by atoms with E-state index >= 15 is 0 Å². The molecule has 0 spiro atoms. The van der Waals surface area contributed by atoms with Gasteiger partial charge in [0.05, 0.1) is 6.42 Å². The van der Waals surface area contributed by atoms with E-state index in [4.69, 9.17) is 4.52 Å². The van der Waals surface area contributed by atoms with Crippen LogP contribution >= 0.6 is 15.9 Å². The molecule has 20 heavy (non-hydrogen) atoms. The second-order valence-electron chi connectivity index (χ2n) is 5.22. The smallest absolute Gasteiger partial charge is 0.234 e. The number of benzene rings is 1. The van der Waals surface area contributed by atoms with Crippen molar-refractivity contribution in [2.75, 3.05) is 0 Å². The number of carbonyl (C=O) groups excluding carboxylic acids is 1. The minimum atomic E-state index is 0.138. The molecule has 0 unspecified atom stereocenters. The number of nitrogens with zero attached hydrogens (tertiary/aromatic N) is 2. The first-order valence-corrected chi connectivity index (χ1v) is 7.40. The second kappa shape index (κ2) is 6.79. The highest BCUT2D eigenvalue weighted by Gasteiger charge is 2.12. The number of aromatic nitrogens is 2. The summed E-state index contributed by atoms with van der Waals surface area (Å²) >= 11 is 3.39. The third-order valence-corrected chi connectivity index (χ3v) is 3.30. The normalized spacial score (nSPS) is 11.0. The SMILES string of the molecule is CC(C)CC(=O)Cc1nc(Cc2ccc(Br)cc2)no1. The predicted molar refractivity (Wildman–Crippen MR) is 79.4 cm³/mol. The van der Waals surface area contributed by atoms with Gasteiger partial charge in [-0.3, -0.25) is 4.79 Å². The van der Waals surface area contributed by atoms with Crippen molar-refractivity contribution in [2.45, 2.75) is 33.1 Å². The number of rotatable bonds is 6. The standard InChI is InChI=1S/C15H17BrN2O2/c1-10(2)7-13(19)9-15-17-14(18-20-15)8-11-3-5-12(16)6-4-11/h3-6,10H,7-9H2,1-2H3. The summed E-state index contributed by atoms with van der Waals surface area (Å²) < 4.78 is 6.16. The number of carbonyl (C=O) groups is 1. The van der Waals surface area contributed by atoms with Crippen molar-refractivity contribution in [2.24, 2.45) is 5.92 Å². The van der Waals surface area contributed by atoms with Crippen LogP contribution in [0.3, 0.4) is 0 Å². The summed E-state index contributed by atoms with van der Waals surface area (Å²) in [5, 5.41) is 3.92. The van der Waals surface area contributed by atoms with Crippen molar-refractivity contribution in [1.82, 2.24) is 10.1 Å². The Balaban J connectivity index is 1.95. The molecule has 106 valence electrons. The molecule has 0 atom stereocenters. The van der Waals surface area contributed by atoms with Gasteiger partial charge >= 0.3 is 0 Å². The Bertz CT molecular complexity index is 576. The molecule has 2 aromatic rings. The molecule has 0 bridgehead atoms. The fraction of sp³-hybridized carbons (Fsp3) is 0.400. The molecule has 0 N–H and O–H groups in total. The Kier molecular flexibility index (Phi) is 5.06. The third kappa shape index (κ3) is 4.56. The highest BCUT2D eigenvalue weighted by atomic mass is 79.9. The molecular weight excluding hydrogens is 320 g/mol. The first-order valence-electron chi connectivity index (χ1n) is 6.60. The molecule has 0 radical (unpaired) electrons. The van der Waals surface area contributed by atoms with Crippen molar-refractivity contribution >= 4 is 21.7 Å². The van der Waals surface area contributed by atoms with Crippen LogP contribution in [0.25, 0.3) is 0 Å². The van der Waals surface area contributed by atoms with E-state index in [2.05, 4.69) is 26.1 Å². The van der Waals surface area contributed by atoms with E-state index in [1.54, 1.807) is 0 Å². The topological polar surface area (TPSA) is 56.0 Å². The summed E-state index contributed by atoms with van der Waals surface area (Å²) in [6.45, 7) is 4.04. The molecule has 1 aromatic carbocycles. The quantitative estimate of drug-likeness (QED) is 0.808. The summed E-state index contributed by atoms with van der Waals surface area (Å²) in [5.41, 5.74) is 1.11. The van der Waals surface area contributed by atoms with Crippen LogP contribution in [0, 0.1) is 5.92 Å². The lowest BCUT2D eigenvalue weighted by Gasteiger charge is -2.00. The van der Waals surface area contributed by atoms with Gasteiger partial charge in [0, 0.05) is 17.3 Å². The predicted octanol–water partition coefficient (Wildman–Crippen LogP) is 3.58. The molecule has 5 heteroatoms. The zero-order valence-electron chi connectivity index (χ0n) is 11.6. The molecular formula is C15H17BrN2O2. The van der Waals surface area contributed by atoms with Gasteiger partial charge in [-0.15, -0.1) is 0 Å². The van der Waals surface area contributed by atoms with Crippen LogP contribution in [-0.2, 0) is 17.6 Å². The fourth-order valence-corrected chi connectivity index (χ4v) is 2.18. The zero-order valence-corrected chi connectivity index (χ0v) is 13.2. The fourth-order valence-electron chi connectivity index (χ4n) is 1.91. The van der Waals surface area contributed by atoms with E-state index in [1.165, 1.54) is 0 Å². The Morgan fingerprint density at radius 1 is 1.30 bits per heavy atom. The van der Waals surface area contributed by atoms with Gasteiger partial charge < -0.3 is 4.52 Å². The van der Waals surface area contributed by atoms with Crippen molar-refractivity contribution in [1.29, 1.82) is 0 Å². The minimum absolute atomic E-state index is 0.138. The molecule has 2 rings (SSSR count). The second-order valence-corrected chi connectivity index (χ2v) is 6.14. The molecule has 4 nitrogen and oxygen atoms in total. The maximum Gasteiger partial charge on any atom is 0.234 e. The van der Waals surface area contributed by atoms with Crippen LogP contribution < -0.4 is 0 Å². The molecule has 1 heterocycles. The molecule has 0 saturated heterocycles. The van der Waals surface area contributed by atoms with Crippen molar-refractivity contribution in [3.05, 3.63) is 46.0 Å². The molecule has 1 aromatic heterocycles. The van der Waals surface area contributed by atoms with Gasteiger partial charge in [-0.1, -0.05) is 47.1 Å². The van der Waals surface area contributed by atoms with E-state index in [-0.39, 0.29) is 12.2 Å². The van der Waals surface area contributed by atoms with Gasteiger partial charge in [0.25, 0.3) is 0 Å². The zero-order chi connectivity index (χ0) is 14.5. The number of halogens is 1. The van der Waals surface area contributed by atoms with Crippen LogP contribution in [0.15, 0.2) is 33.3 Å². The van der Waals surface area contributed by atoms with Crippen LogP contribution in [-0.4, -0.2) is 15.9 Å². The Labute approximate surface area is 126 Å². The van der Waals surface area contributed by atoms with Crippen molar-refractivity contribution in [3.8, 4) is 0 Å². The van der Waals surface area contributed by atoms with Crippen LogP contribution in [0.2, 0.25) is 0 Å². The number of Topliss-reactive ketones (excluding diaryl/α,β-unsaturated/α-hetero) is 1. The van der Waals surface area contributed by atoms with Gasteiger partial charge in [0.15, 0.2) is 5.82 Å². The number of hydrogen-bond donors (Lipinski definition) is 0. The highest BCUT2D eigenvalue weighted by molar-refractivity contribution is 9.10. The maximum atomic E-state index is 11.7. The van der Waals surface area contributed by atoms with Gasteiger partial charge in [0.1, 0.15) is 5.78 Å². The monoisotopic (exact) mass is 336 g/mol. The Morgan fingerprint density at radius 2 is 2.00 bits per heavy atom. The van der Waals surface area contributed by atoms with E-state index in [1.807, 2.05) is 38.1 Å². The molecule has 0 saturated carbocycles. The molecule has 0 aliphatic carbocycles. The Hall–Kier alpha value is -1.49. The molecule has 0 aliphatic heterocycles. The molecule has 0 fully saturated rings. The van der Waals surface area contributed by atoms with Crippen LogP contribution in [0.1, 0.15) is 37.5 Å². The summed E-state index contributed by atoms with van der Waals surface area (Å²) in [4.78, 5) is 16.0. The largest absolute Gasteiger partial charge is 0.339 e. The van der Waals surface area contributed by atoms with Crippen LogP contribution in [0.5, 0.6) is 0 Å². The summed E-state index contributed by atoms with van der Waals surface area (Å²) in [6, 6.07) is 7.96. The lowest BCUT2D eigenvalue weighted by Crippen LogP contribution is -2.06. The summed E-state index contributed by atoms with van der Waals surface area (Å²) in [7, 11) is 0. The average molecular weight is 337 g/mol. The molecule has 0 amide bonds. The highest BCUT2D eigenvalue weighted by Crippen LogP contribution is 2.13. The average Bonchev–Trinajstić information content (AvgIpc) is 2.78. The van der Waals surface area contributed by atoms with Crippen molar-refractivity contribution in [3.63, 3.8) is 0 Å². The minimum Gasteiger partial charge on any atom is -0.339 e. The first-order chi connectivity index (χ1) is 9.52. The van der Waals surface area contributed by atoms with Gasteiger partial charge in [-0.2, -0.15) is 4.98 Å². The van der Waals surface area contributed by atoms with E-state index in [0.29, 0.717) is 30.5 Å². The van der Waals surface area contributed by atoms with Gasteiger partial charge in [-0.05, 0) is 23.6 Å². The molecule has 0 aliphatic rings. The first kappa shape index (κ1) is 14.9.